The highest BCUT2D eigenvalue weighted by atomic mass is 32.1. The molecule has 1 aromatic rings. The molecule has 6 nitrogen and oxygen atoms in total. The molecule has 2 unspecified atom stereocenters. The fourth-order valence-corrected chi connectivity index (χ4v) is 2.35. The summed E-state index contributed by atoms with van der Waals surface area (Å²) in [6, 6.07) is 2.80. The fraction of sp³-hybridized carbons (Fsp3) is 0.357. The third-order valence-corrected chi connectivity index (χ3v) is 3.72. The fourth-order valence-electron chi connectivity index (χ4n) is 1.55. The van der Waals surface area contributed by atoms with Crippen LogP contribution in [0, 0.1) is 10.1 Å². The predicted octanol–water partition coefficient (Wildman–Crippen LogP) is 3.57. The van der Waals surface area contributed by atoms with E-state index in [1.165, 1.54) is 6.07 Å². The van der Waals surface area contributed by atoms with E-state index in [2.05, 4.69) is 4.99 Å². The largest absolute Gasteiger partial charge is 0.486 e. The van der Waals surface area contributed by atoms with Gasteiger partial charge in [0.2, 0.25) is 0 Å². The Morgan fingerprint density at radius 3 is 2.81 bits per heavy atom. The number of nitro groups is 1. The first-order valence-corrected chi connectivity index (χ1v) is 7.46. The van der Waals surface area contributed by atoms with E-state index in [4.69, 9.17) is 10.5 Å². The molecule has 0 saturated carbocycles. The Balaban J connectivity index is 0.00000106. The molecule has 0 spiro atoms. The van der Waals surface area contributed by atoms with Crippen molar-refractivity contribution >= 4 is 22.6 Å². The van der Waals surface area contributed by atoms with Gasteiger partial charge in [-0.05, 0) is 19.1 Å². The number of ether oxygens (including phenoxy) is 1. The Bertz CT molecular complexity index is 564. The van der Waals surface area contributed by atoms with Gasteiger partial charge < -0.3 is 10.5 Å². The molecule has 21 heavy (non-hydrogen) atoms. The van der Waals surface area contributed by atoms with E-state index in [1.807, 2.05) is 20.8 Å². The minimum absolute atomic E-state index is 0.0995. The van der Waals surface area contributed by atoms with Gasteiger partial charge in [-0.15, -0.1) is 0 Å². The molecular formula is C14H19N3O3S. The Hall–Kier alpha value is -1.99. The molecule has 0 bridgehead atoms. The molecule has 1 aliphatic rings. The van der Waals surface area contributed by atoms with E-state index >= 15 is 0 Å². The summed E-state index contributed by atoms with van der Waals surface area (Å²) in [7, 11) is 0. The average molecular weight is 309 g/mol. The van der Waals surface area contributed by atoms with Crippen molar-refractivity contribution in [1.29, 1.82) is 0 Å². The number of allylic oxidation sites excluding steroid dienone is 1. The molecule has 0 aromatic carbocycles. The molecule has 2 N–H and O–H groups in total. The first kappa shape index (κ1) is 17.1. The normalized spacial score (nSPS) is 18.1. The van der Waals surface area contributed by atoms with Gasteiger partial charge >= 0.3 is 5.00 Å². The maximum Gasteiger partial charge on any atom is 0.324 e. The second-order valence-electron chi connectivity index (χ2n) is 3.93. The van der Waals surface area contributed by atoms with Gasteiger partial charge in [0.15, 0.2) is 0 Å². The number of hydrogen-bond donors (Lipinski definition) is 1. The first-order valence-electron chi connectivity index (χ1n) is 6.64. The van der Waals surface area contributed by atoms with Gasteiger partial charge in [0.25, 0.3) is 0 Å². The van der Waals surface area contributed by atoms with Crippen LogP contribution in [-0.4, -0.2) is 17.2 Å². The molecule has 1 aliphatic heterocycles. The highest BCUT2D eigenvalue weighted by Gasteiger charge is 2.18. The van der Waals surface area contributed by atoms with Crippen LogP contribution in [0.4, 0.5) is 5.00 Å². The molecule has 0 saturated heterocycles. The van der Waals surface area contributed by atoms with Gasteiger partial charge in [0.05, 0.1) is 22.0 Å². The molecule has 114 valence electrons. The topological polar surface area (TPSA) is 90.8 Å². The molecular weight excluding hydrogens is 290 g/mol. The summed E-state index contributed by atoms with van der Waals surface area (Å²) in [6.45, 7) is 5.82. The zero-order valence-corrected chi connectivity index (χ0v) is 13.0. The summed E-state index contributed by atoms with van der Waals surface area (Å²) >= 11 is 1.10. The maximum absolute atomic E-state index is 10.6. The van der Waals surface area contributed by atoms with Gasteiger partial charge in [0.1, 0.15) is 11.9 Å². The van der Waals surface area contributed by atoms with E-state index in [9.17, 15) is 10.1 Å². The summed E-state index contributed by atoms with van der Waals surface area (Å²) in [4.78, 5) is 15.0. The average Bonchev–Trinajstić information content (AvgIpc) is 2.89. The number of thiophene rings is 1. The van der Waals surface area contributed by atoms with Gasteiger partial charge in [-0.2, -0.15) is 0 Å². The van der Waals surface area contributed by atoms with Crippen molar-refractivity contribution in [2.45, 2.75) is 32.9 Å². The number of rotatable bonds is 4. The number of aliphatic imine (C=N–C) groups is 1. The minimum atomic E-state index is -0.412. The SMILES string of the molecule is CC.CC(OC1=CN=CC=CC1N)c1ccc([N+](=O)[O-])s1. The van der Waals surface area contributed by atoms with Crippen LogP contribution in [0.15, 0.2) is 41.2 Å². The first-order chi connectivity index (χ1) is 10.1. The summed E-state index contributed by atoms with van der Waals surface area (Å²) < 4.78 is 5.72. The summed E-state index contributed by atoms with van der Waals surface area (Å²) in [5.41, 5.74) is 5.89. The second-order valence-corrected chi connectivity index (χ2v) is 5.03. The number of nitrogens with zero attached hydrogens (tertiary/aromatic N) is 2. The molecule has 2 rings (SSSR count). The van der Waals surface area contributed by atoms with Crippen molar-refractivity contribution < 1.29 is 9.66 Å². The van der Waals surface area contributed by atoms with Crippen molar-refractivity contribution in [3.8, 4) is 0 Å². The van der Waals surface area contributed by atoms with Crippen molar-refractivity contribution in [2.75, 3.05) is 0 Å². The van der Waals surface area contributed by atoms with Crippen LogP contribution in [0.5, 0.6) is 0 Å². The van der Waals surface area contributed by atoms with Gasteiger partial charge in [-0.25, -0.2) is 0 Å². The van der Waals surface area contributed by atoms with Crippen LogP contribution in [-0.2, 0) is 4.74 Å². The molecule has 0 radical (unpaired) electrons. The second kappa shape index (κ2) is 8.33. The number of nitrogens with two attached hydrogens (primary N) is 1. The van der Waals surface area contributed by atoms with Crippen molar-refractivity contribution in [1.82, 2.24) is 0 Å². The Labute approximate surface area is 127 Å². The lowest BCUT2D eigenvalue weighted by Crippen LogP contribution is -2.22. The summed E-state index contributed by atoms with van der Waals surface area (Å²) in [6.07, 6.45) is 6.39. The highest BCUT2D eigenvalue weighted by Crippen LogP contribution is 2.32. The van der Waals surface area contributed by atoms with Crippen LogP contribution in [0.1, 0.15) is 31.8 Å². The Kier molecular flexibility index (Phi) is 6.77. The molecule has 2 heterocycles. The highest BCUT2D eigenvalue weighted by molar-refractivity contribution is 7.15. The lowest BCUT2D eigenvalue weighted by Gasteiger charge is -2.18. The zero-order chi connectivity index (χ0) is 15.8. The van der Waals surface area contributed by atoms with E-state index in [1.54, 1.807) is 30.6 Å². The van der Waals surface area contributed by atoms with Crippen LogP contribution in [0.25, 0.3) is 0 Å². The molecule has 1 aromatic heterocycles. The lowest BCUT2D eigenvalue weighted by molar-refractivity contribution is -0.380. The zero-order valence-electron chi connectivity index (χ0n) is 12.2. The van der Waals surface area contributed by atoms with Crippen LogP contribution in [0.2, 0.25) is 0 Å². The van der Waals surface area contributed by atoms with Crippen molar-refractivity contribution in [3.63, 3.8) is 0 Å². The lowest BCUT2D eigenvalue weighted by atomic mass is 10.2. The molecule has 0 fully saturated rings. The molecule has 0 aliphatic carbocycles. The van der Waals surface area contributed by atoms with E-state index < -0.39 is 4.92 Å². The third kappa shape index (κ3) is 4.80. The Morgan fingerprint density at radius 1 is 1.48 bits per heavy atom. The predicted molar refractivity (Wildman–Crippen MR) is 85.5 cm³/mol. The van der Waals surface area contributed by atoms with Gasteiger partial charge in [-0.1, -0.05) is 31.3 Å². The summed E-state index contributed by atoms with van der Waals surface area (Å²) in [5, 5.41) is 10.7. The van der Waals surface area contributed by atoms with Crippen LogP contribution >= 0.6 is 11.3 Å². The van der Waals surface area contributed by atoms with E-state index in [0.29, 0.717) is 5.76 Å². The van der Waals surface area contributed by atoms with Crippen LogP contribution in [0.3, 0.4) is 0 Å². The quantitative estimate of drug-likeness (QED) is 0.680. The van der Waals surface area contributed by atoms with Crippen molar-refractivity contribution in [2.24, 2.45) is 10.7 Å². The maximum atomic E-state index is 10.6. The van der Waals surface area contributed by atoms with Gasteiger partial charge in [-0.3, -0.25) is 15.1 Å². The molecule has 0 amide bonds. The van der Waals surface area contributed by atoms with E-state index in [-0.39, 0.29) is 17.1 Å². The smallest absolute Gasteiger partial charge is 0.324 e. The Morgan fingerprint density at radius 2 is 2.19 bits per heavy atom. The molecule has 7 heteroatoms. The van der Waals surface area contributed by atoms with Crippen LogP contribution < -0.4 is 5.73 Å². The molecule has 2 atom stereocenters. The monoisotopic (exact) mass is 309 g/mol. The minimum Gasteiger partial charge on any atom is -0.486 e. The van der Waals surface area contributed by atoms with Crippen molar-refractivity contribution in [3.05, 3.63) is 51.2 Å². The standard InChI is InChI=1S/C12H13N3O3S.C2H6/c1-8(11-4-5-12(19-11)15(16)17)18-10-7-14-6-2-3-9(10)13;1-2/h2-9H,13H2,1H3;1-2H3. The van der Waals surface area contributed by atoms with E-state index in [0.717, 1.165) is 16.2 Å². The number of hydrogen-bond acceptors (Lipinski definition) is 6. The third-order valence-electron chi connectivity index (χ3n) is 2.53. The summed E-state index contributed by atoms with van der Waals surface area (Å²) in [5.74, 6) is 0.536. The van der Waals surface area contributed by atoms with Gasteiger partial charge in [0, 0.05) is 12.3 Å².